The highest BCUT2D eigenvalue weighted by Crippen LogP contribution is 2.19. The van der Waals surface area contributed by atoms with Crippen LogP contribution in [0.25, 0.3) is 0 Å². The van der Waals surface area contributed by atoms with Gasteiger partial charge in [0.05, 0.1) is 13.5 Å². The minimum absolute atomic E-state index is 0.0799. The third-order valence-corrected chi connectivity index (χ3v) is 3.98. The largest absolute Gasteiger partial charge is 0.496 e. The van der Waals surface area contributed by atoms with E-state index in [0.29, 0.717) is 19.6 Å². The van der Waals surface area contributed by atoms with Crippen LogP contribution in [0.15, 0.2) is 48.5 Å². The molecule has 0 atom stereocenters. The Kier molecular flexibility index (Phi) is 7.14. The smallest absolute Gasteiger partial charge is 0.224 e. The first kappa shape index (κ1) is 19.4. The molecule has 0 spiro atoms. The van der Waals surface area contributed by atoms with Crippen molar-refractivity contribution in [1.82, 2.24) is 10.2 Å². The number of amides is 2. The summed E-state index contributed by atoms with van der Waals surface area (Å²) < 4.78 is 18.2. The van der Waals surface area contributed by atoms with Crippen LogP contribution in [0, 0.1) is 5.82 Å². The van der Waals surface area contributed by atoms with Crippen molar-refractivity contribution in [2.75, 3.05) is 20.2 Å². The van der Waals surface area contributed by atoms with Crippen LogP contribution >= 0.6 is 0 Å². The van der Waals surface area contributed by atoms with E-state index >= 15 is 0 Å². The predicted octanol–water partition coefficient (Wildman–Crippen LogP) is 2.54. The van der Waals surface area contributed by atoms with E-state index in [1.165, 1.54) is 19.1 Å². The minimum Gasteiger partial charge on any atom is -0.496 e. The van der Waals surface area contributed by atoms with Crippen LogP contribution in [0.1, 0.15) is 18.1 Å². The van der Waals surface area contributed by atoms with Gasteiger partial charge in [0.2, 0.25) is 11.8 Å². The molecule has 6 heteroatoms. The second-order valence-electron chi connectivity index (χ2n) is 5.91. The molecule has 138 valence electrons. The predicted molar refractivity (Wildman–Crippen MR) is 97.2 cm³/mol. The average molecular weight is 358 g/mol. The number of hydrogen-bond acceptors (Lipinski definition) is 3. The molecule has 0 aliphatic heterocycles. The number of hydrogen-bond donors (Lipinski definition) is 1. The van der Waals surface area contributed by atoms with Crippen molar-refractivity contribution in [2.24, 2.45) is 0 Å². The fraction of sp³-hybridized carbons (Fsp3) is 0.300. The van der Waals surface area contributed by atoms with Crippen molar-refractivity contribution in [1.29, 1.82) is 0 Å². The summed E-state index contributed by atoms with van der Waals surface area (Å²) in [5, 5.41) is 2.79. The number of nitrogens with one attached hydrogen (secondary N) is 1. The Balaban J connectivity index is 1.85. The summed E-state index contributed by atoms with van der Waals surface area (Å²) in [6, 6.07) is 13.3. The van der Waals surface area contributed by atoms with Crippen molar-refractivity contribution in [2.45, 2.75) is 19.9 Å². The van der Waals surface area contributed by atoms with Gasteiger partial charge >= 0.3 is 0 Å². The number of methoxy groups -OCH3 is 1. The lowest BCUT2D eigenvalue weighted by atomic mass is 10.1. The van der Waals surface area contributed by atoms with E-state index in [0.717, 1.165) is 16.9 Å². The lowest BCUT2D eigenvalue weighted by Crippen LogP contribution is -2.37. The van der Waals surface area contributed by atoms with E-state index in [1.807, 2.05) is 24.3 Å². The molecule has 0 bridgehead atoms. The van der Waals surface area contributed by atoms with Crippen molar-refractivity contribution >= 4 is 11.8 Å². The first-order valence-corrected chi connectivity index (χ1v) is 8.38. The second kappa shape index (κ2) is 9.56. The number of ether oxygens (including phenoxy) is 1. The normalized spacial score (nSPS) is 10.3. The summed E-state index contributed by atoms with van der Waals surface area (Å²) in [5.74, 6) is 0.141. The van der Waals surface area contributed by atoms with Crippen molar-refractivity contribution in [3.05, 3.63) is 65.5 Å². The van der Waals surface area contributed by atoms with Crippen LogP contribution in [0.2, 0.25) is 0 Å². The van der Waals surface area contributed by atoms with Crippen LogP contribution in [0.4, 0.5) is 4.39 Å². The number of halogens is 1. The van der Waals surface area contributed by atoms with Gasteiger partial charge in [0, 0.05) is 32.1 Å². The highest BCUT2D eigenvalue weighted by Gasteiger charge is 2.13. The number of para-hydroxylation sites is 1. The van der Waals surface area contributed by atoms with Gasteiger partial charge in [0.15, 0.2) is 0 Å². The number of benzene rings is 2. The lowest BCUT2D eigenvalue weighted by molar-refractivity contribution is -0.130. The van der Waals surface area contributed by atoms with E-state index in [-0.39, 0.29) is 24.1 Å². The first-order valence-electron chi connectivity index (χ1n) is 8.38. The van der Waals surface area contributed by atoms with Gasteiger partial charge in [-0.05, 0) is 23.8 Å². The molecular weight excluding hydrogens is 335 g/mol. The van der Waals surface area contributed by atoms with Crippen LogP contribution in [-0.4, -0.2) is 36.9 Å². The molecule has 0 fully saturated rings. The maximum Gasteiger partial charge on any atom is 0.224 e. The molecule has 5 nitrogen and oxygen atoms in total. The Hall–Kier alpha value is -2.89. The summed E-state index contributed by atoms with van der Waals surface area (Å²) in [6.45, 7) is 2.64. The van der Waals surface area contributed by atoms with Gasteiger partial charge in [0.25, 0.3) is 0 Å². The van der Waals surface area contributed by atoms with Crippen molar-refractivity contribution in [3.8, 4) is 5.75 Å². The molecule has 0 saturated carbocycles. The highest BCUT2D eigenvalue weighted by atomic mass is 19.1. The fourth-order valence-corrected chi connectivity index (χ4v) is 2.57. The minimum atomic E-state index is -0.331. The van der Waals surface area contributed by atoms with E-state index in [9.17, 15) is 14.0 Å². The van der Waals surface area contributed by atoms with Gasteiger partial charge in [0.1, 0.15) is 11.6 Å². The summed E-state index contributed by atoms with van der Waals surface area (Å²) in [7, 11) is 1.59. The maximum absolute atomic E-state index is 12.9. The van der Waals surface area contributed by atoms with Crippen LogP contribution in [0.3, 0.4) is 0 Å². The summed E-state index contributed by atoms with van der Waals surface area (Å²) in [5.41, 5.74) is 1.64. The molecule has 0 unspecified atom stereocenters. The second-order valence-corrected chi connectivity index (χ2v) is 5.91. The zero-order chi connectivity index (χ0) is 18.9. The third kappa shape index (κ3) is 5.88. The zero-order valence-electron chi connectivity index (χ0n) is 15.0. The molecule has 2 aromatic carbocycles. The Morgan fingerprint density at radius 1 is 1.12 bits per heavy atom. The zero-order valence-corrected chi connectivity index (χ0v) is 15.0. The summed E-state index contributed by atoms with van der Waals surface area (Å²) >= 11 is 0. The van der Waals surface area contributed by atoms with Crippen LogP contribution in [-0.2, 0) is 22.6 Å². The quantitative estimate of drug-likeness (QED) is 0.789. The molecule has 0 aliphatic carbocycles. The molecule has 2 rings (SSSR count). The van der Waals surface area contributed by atoms with Gasteiger partial charge in [-0.3, -0.25) is 9.59 Å². The Morgan fingerprint density at radius 2 is 1.81 bits per heavy atom. The molecule has 0 heterocycles. The van der Waals surface area contributed by atoms with Gasteiger partial charge in [-0.25, -0.2) is 4.39 Å². The van der Waals surface area contributed by atoms with Gasteiger partial charge in [-0.2, -0.15) is 0 Å². The van der Waals surface area contributed by atoms with Gasteiger partial charge in [-0.1, -0.05) is 30.3 Å². The number of rotatable bonds is 8. The molecule has 0 aliphatic rings. The van der Waals surface area contributed by atoms with E-state index in [4.69, 9.17) is 4.74 Å². The van der Waals surface area contributed by atoms with Gasteiger partial charge in [-0.15, -0.1) is 0 Å². The highest BCUT2D eigenvalue weighted by molar-refractivity contribution is 5.78. The molecule has 0 saturated heterocycles. The van der Waals surface area contributed by atoms with Crippen LogP contribution in [0.5, 0.6) is 5.75 Å². The van der Waals surface area contributed by atoms with E-state index in [2.05, 4.69) is 5.32 Å². The third-order valence-electron chi connectivity index (χ3n) is 3.98. The molecule has 0 radical (unpaired) electrons. The fourth-order valence-electron chi connectivity index (χ4n) is 2.57. The summed E-state index contributed by atoms with van der Waals surface area (Å²) in [6.07, 6.45) is 0.173. The maximum atomic E-state index is 12.9. The van der Waals surface area contributed by atoms with Crippen molar-refractivity contribution in [3.63, 3.8) is 0 Å². The first-order chi connectivity index (χ1) is 12.5. The van der Waals surface area contributed by atoms with Crippen molar-refractivity contribution < 1.29 is 18.7 Å². The van der Waals surface area contributed by atoms with Gasteiger partial charge < -0.3 is 15.0 Å². The Morgan fingerprint density at radius 3 is 2.46 bits per heavy atom. The lowest BCUT2D eigenvalue weighted by Gasteiger charge is -2.22. The van der Waals surface area contributed by atoms with E-state index < -0.39 is 0 Å². The molecule has 26 heavy (non-hydrogen) atoms. The molecule has 2 aromatic rings. The number of carbonyl (C=O) groups is 2. The SMILES string of the molecule is COc1ccccc1CN(CCNC(=O)Cc1ccc(F)cc1)C(C)=O. The number of carbonyl (C=O) groups excluding carboxylic acids is 2. The Labute approximate surface area is 152 Å². The molecule has 1 N–H and O–H groups in total. The summed E-state index contributed by atoms with van der Waals surface area (Å²) in [4.78, 5) is 25.5. The van der Waals surface area contributed by atoms with Crippen LogP contribution < -0.4 is 10.1 Å². The molecular formula is C20H23FN2O3. The number of nitrogens with zero attached hydrogens (tertiary/aromatic N) is 1. The topological polar surface area (TPSA) is 58.6 Å². The standard InChI is InChI=1S/C20H23FN2O3/c1-15(24)23(14-17-5-3-4-6-19(17)26-2)12-11-22-20(25)13-16-7-9-18(21)10-8-16/h3-10H,11-14H2,1-2H3,(H,22,25). The Bertz CT molecular complexity index is 747. The monoisotopic (exact) mass is 358 g/mol. The molecule has 0 aromatic heterocycles. The van der Waals surface area contributed by atoms with E-state index in [1.54, 1.807) is 24.1 Å². The molecule has 2 amide bonds. The average Bonchev–Trinajstić information content (AvgIpc) is 2.63.